The zero-order valence-electron chi connectivity index (χ0n) is 9.71. The summed E-state index contributed by atoms with van der Waals surface area (Å²) < 4.78 is 18.7. The lowest BCUT2D eigenvalue weighted by atomic mass is 9.96. The molecule has 0 bridgehead atoms. The Balaban J connectivity index is 2.54. The fourth-order valence-corrected chi connectivity index (χ4v) is 2.03. The van der Waals surface area contributed by atoms with Gasteiger partial charge in [-0.05, 0) is 12.0 Å². The SMILES string of the molecule is CC(C)C(CN)c1nc2cc(F)cc(Cl)c2o1. The van der Waals surface area contributed by atoms with Crippen molar-refractivity contribution < 1.29 is 8.81 Å². The third-order valence-electron chi connectivity index (χ3n) is 2.80. The molecule has 0 saturated carbocycles. The molecule has 2 N–H and O–H groups in total. The highest BCUT2D eigenvalue weighted by molar-refractivity contribution is 6.34. The molecule has 3 nitrogen and oxygen atoms in total. The first-order chi connectivity index (χ1) is 8.02. The molecule has 0 aliphatic rings. The molecule has 1 aromatic carbocycles. The van der Waals surface area contributed by atoms with Crippen LogP contribution in [0.25, 0.3) is 11.1 Å². The fraction of sp³-hybridized carbons (Fsp3) is 0.417. The first-order valence-electron chi connectivity index (χ1n) is 5.48. The van der Waals surface area contributed by atoms with Crippen LogP contribution >= 0.6 is 11.6 Å². The summed E-state index contributed by atoms with van der Waals surface area (Å²) in [6, 6.07) is 2.52. The second kappa shape index (κ2) is 4.63. The quantitative estimate of drug-likeness (QED) is 0.917. The summed E-state index contributed by atoms with van der Waals surface area (Å²) in [5.74, 6) is 0.416. The van der Waals surface area contributed by atoms with Crippen molar-refractivity contribution in [3.63, 3.8) is 0 Å². The monoisotopic (exact) mass is 256 g/mol. The molecule has 92 valence electrons. The number of oxazole rings is 1. The Morgan fingerprint density at radius 1 is 1.47 bits per heavy atom. The minimum Gasteiger partial charge on any atom is -0.439 e. The summed E-state index contributed by atoms with van der Waals surface area (Å²) in [4.78, 5) is 4.26. The van der Waals surface area contributed by atoms with Crippen LogP contribution in [0.15, 0.2) is 16.5 Å². The molecule has 17 heavy (non-hydrogen) atoms. The molecule has 1 aromatic heterocycles. The maximum Gasteiger partial charge on any atom is 0.200 e. The number of hydrogen-bond acceptors (Lipinski definition) is 3. The molecule has 2 rings (SSSR count). The number of fused-ring (bicyclic) bond motifs is 1. The van der Waals surface area contributed by atoms with Gasteiger partial charge in [0.1, 0.15) is 11.3 Å². The summed E-state index contributed by atoms with van der Waals surface area (Å²) in [5, 5.41) is 0.235. The molecule has 0 amide bonds. The van der Waals surface area contributed by atoms with Crippen molar-refractivity contribution >= 4 is 22.7 Å². The number of hydrogen-bond donors (Lipinski definition) is 1. The average molecular weight is 257 g/mol. The van der Waals surface area contributed by atoms with E-state index in [1.807, 2.05) is 13.8 Å². The van der Waals surface area contributed by atoms with E-state index in [1.165, 1.54) is 12.1 Å². The van der Waals surface area contributed by atoms with Gasteiger partial charge in [0.05, 0.1) is 10.9 Å². The summed E-state index contributed by atoms with van der Waals surface area (Å²) >= 11 is 5.90. The lowest BCUT2D eigenvalue weighted by Crippen LogP contribution is -2.17. The Labute approximate surface area is 104 Å². The fourth-order valence-electron chi connectivity index (χ4n) is 1.79. The van der Waals surface area contributed by atoms with Crippen LogP contribution in [0.2, 0.25) is 5.02 Å². The third-order valence-corrected chi connectivity index (χ3v) is 3.08. The zero-order chi connectivity index (χ0) is 12.6. The van der Waals surface area contributed by atoms with Gasteiger partial charge in [0.15, 0.2) is 11.5 Å². The molecule has 5 heteroatoms. The van der Waals surface area contributed by atoms with Gasteiger partial charge < -0.3 is 10.2 Å². The van der Waals surface area contributed by atoms with Crippen LogP contribution < -0.4 is 5.73 Å². The van der Waals surface area contributed by atoms with Crippen molar-refractivity contribution in [3.05, 3.63) is 28.9 Å². The zero-order valence-corrected chi connectivity index (χ0v) is 10.5. The molecule has 0 aliphatic heterocycles. The Hall–Kier alpha value is -1.13. The van der Waals surface area contributed by atoms with E-state index < -0.39 is 5.82 Å². The van der Waals surface area contributed by atoms with Crippen LogP contribution in [0, 0.1) is 11.7 Å². The Kier molecular flexibility index (Phi) is 3.35. The topological polar surface area (TPSA) is 52.0 Å². The second-order valence-electron chi connectivity index (χ2n) is 4.37. The third kappa shape index (κ3) is 2.28. The molecule has 1 heterocycles. The standard InChI is InChI=1S/C12H14ClFN2O/c1-6(2)8(5-15)12-16-10-4-7(14)3-9(13)11(10)17-12/h3-4,6,8H,5,15H2,1-2H3. The Bertz CT molecular complexity index is 539. The van der Waals surface area contributed by atoms with Crippen LogP contribution in [0.5, 0.6) is 0 Å². The van der Waals surface area contributed by atoms with Gasteiger partial charge in [-0.1, -0.05) is 25.4 Å². The van der Waals surface area contributed by atoms with Gasteiger partial charge in [-0.15, -0.1) is 0 Å². The minimum atomic E-state index is -0.420. The van der Waals surface area contributed by atoms with Gasteiger partial charge in [0.25, 0.3) is 0 Å². The van der Waals surface area contributed by atoms with Crippen LogP contribution in [0.3, 0.4) is 0 Å². The largest absolute Gasteiger partial charge is 0.439 e. The molecule has 2 aromatic rings. The molecule has 0 fully saturated rings. The average Bonchev–Trinajstić information content (AvgIpc) is 2.61. The summed E-state index contributed by atoms with van der Waals surface area (Å²) in [6.07, 6.45) is 0. The van der Waals surface area contributed by atoms with Crippen molar-refractivity contribution in [2.24, 2.45) is 11.7 Å². The first-order valence-corrected chi connectivity index (χ1v) is 5.86. The van der Waals surface area contributed by atoms with Crippen molar-refractivity contribution in [1.29, 1.82) is 0 Å². The van der Waals surface area contributed by atoms with Gasteiger partial charge >= 0.3 is 0 Å². The first kappa shape index (κ1) is 12.3. The highest BCUT2D eigenvalue weighted by Crippen LogP contribution is 2.30. The molecule has 0 spiro atoms. The maximum absolute atomic E-state index is 13.2. The van der Waals surface area contributed by atoms with Crippen LogP contribution in [0.1, 0.15) is 25.7 Å². The van der Waals surface area contributed by atoms with E-state index in [2.05, 4.69) is 4.98 Å². The van der Waals surface area contributed by atoms with E-state index in [4.69, 9.17) is 21.8 Å². The van der Waals surface area contributed by atoms with E-state index >= 15 is 0 Å². The molecule has 1 unspecified atom stereocenters. The lowest BCUT2D eigenvalue weighted by Gasteiger charge is -2.14. The molecular weight excluding hydrogens is 243 g/mol. The molecule has 0 radical (unpaired) electrons. The van der Waals surface area contributed by atoms with Gasteiger partial charge in [-0.3, -0.25) is 0 Å². The van der Waals surface area contributed by atoms with Crippen LogP contribution in [0.4, 0.5) is 4.39 Å². The molecule has 0 aliphatic carbocycles. The highest BCUT2D eigenvalue weighted by Gasteiger charge is 2.21. The summed E-state index contributed by atoms with van der Waals surface area (Å²) in [7, 11) is 0. The summed E-state index contributed by atoms with van der Waals surface area (Å²) in [6.45, 7) is 4.51. The Morgan fingerprint density at radius 3 is 2.76 bits per heavy atom. The van der Waals surface area contributed by atoms with Gasteiger partial charge in [0.2, 0.25) is 0 Å². The summed E-state index contributed by atoms with van der Waals surface area (Å²) in [5.41, 5.74) is 6.54. The molecule has 0 saturated heterocycles. The molecule has 1 atom stereocenters. The van der Waals surface area contributed by atoms with E-state index in [9.17, 15) is 4.39 Å². The highest BCUT2D eigenvalue weighted by atomic mass is 35.5. The minimum absolute atomic E-state index is 0.0153. The van der Waals surface area contributed by atoms with E-state index in [-0.39, 0.29) is 10.9 Å². The van der Waals surface area contributed by atoms with Crippen molar-refractivity contribution in [3.8, 4) is 0 Å². The van der Waals surface area contributed by atoms with Gasteiger partial charge in [-0.2, -0.15) is 0 Å². The van der Waals surface area contributed by atoms with Gasteiger partial charge in [0, 0.05) is 12.6 Å². The predicted molar refractivity (Wildman–Crippen MR) is 65.6 cm³/mol. The smallest absolute Gasteiger partial charge is 0.200 e. The normalized spacial score (nSPS) is 13.5. The number of aromatic nitrogens is 1. The maximum atomic E-state index is 13.2. The lowest BCUT2D eigenvalue weighted by molar-refractivity contribution is 0.400. The van der Waals surface area contributed by atoms with Crippen molar-refractivity contribution in [1.82, 2.24) is 4.98 Å². The number of rotatable bonds is 3. The van der Waals surface area contributed by atoms with Gasteiger partial charge in [-0.25, -0.2) is 9.37 Å². The van der Waals surface area contributed by atoms with Crippen LogP contribution in [-0.2, 0) is 0 Å². The van der Waals surface area contributed by atoms with E-state index in [1.54, 1.807) is 0 Å². The number of nitrogens with two attached hydrogens (primary N) is 1. The second-order valence-corrected chi connectivity index (χ2v) is 4.78. The van der Waals surface area contributed by atoms with E-state index in [0.29, 0.717) is 29.5 Å². The number of benzene rings is 1. The Morgan fingerprint density at radius 2 is 2.18 bits per heavy atom. The number of halogens is 2. The van der Waals surface area contributed by atoms with Crippen molar-refractivity contribution in [2.45, 2.75) is 19.8 Å². The van der Waals surface area contributed by atoms with Crippen LogP contribution in [-0.4, -0.2) is 11.5 Å². The molecular formula is C12H14ClFN2O. The predicted octanol–water partition coefficient (Wildman–Crippen LogP) is 3.32. The van der Waals surface area contributed by atoms with E-state index in [0.717, 1.165) is 0 Å². The van der Waals surface area contributed by atoms with Crippen molar-refractivity contribution in [2.75, 3.05) is 6.54 Å². The number of nitrogens with zero attached hydrogens (tertiary/aromatic N) is 1.